The predicted molar refractivity (Wildman–Crippen MR) is 83.4 cm³/mol. The summed E-state index contributed by atoms with van der Waals surface area (Å²) in [5.74, 6) is 2.12. The lowest BCUT2D eigenvalue weighted by atomic mass is 10.2. The van der Waals surface area contributed by atoms with E-state index in [1.807, 2.05) is 6.92 Å². The van der Waals surface area contributed by atoms with E-state index in [-0.39, 0.29) is 5.97 Å². The number of esters is 1. The molecule has 0 spiro atoms. The lowest BCUT2D eigenvalue weighted by Crippen LogP contribution is -2.03. The van der Waals surface area contributed by atoms with Gasteiger partial charge in [-0.25, -0.2) is 0 Å². The average molecular weight is 311 g/mol. The Morgan fingerprint density at radius 2 is 2.14 bits per heavy atom. The number of hydrogen-bond acceptors (Lipinski definition) is 5. The number of ether oxygens (including phenoxy) is 1. The van der Waals surface area contributed by atoms with Gasteiger partial charge in [-0.2, -0.15) is 0 Å². The van der Waals surface area contributed by atoms with Gasteiger partial charge in [0.15, 0.2) is 5.16 Å². The third-order valence-electron chi connectivity index (χ3n) is 3.64. The SMILES string of the molecule is CCOC(=O)CCCCCSc1nnc2n1CCCCC2. The Morgan fingerprint density at radius 3 is 3.00 bits per heavy atom. The fourth-order valence-electron chi connectivity index (χ4n) is 2.51. The van der Waals surface area contributed by atoms with Gasteiger partial charge in [-0.15, -0.1) is 10.2 Å². The van der Waals surface area contributed by atoms with Gasteiger partial charge < -0.3 is 9.30 Å². The molecular weight excluding hydrogens is 286 g/mol. The first-order valence-electron chi connectivity index (χ1n) is 8.01. The van der Waals surface area contributed by atoms with Crippen molar-refractivity contribution in [2.24, 2.45) is 0 Å². The Kier molecular flexibility index (Phi) is 7.06. The van der Waals surface area contributed by atoms with E-state index in [2.05, 4.69) is 14.8 Å². The van der Waals surface area contributed by atoms with Crippen LogP contribution in [-0.2, 0) is 22.5 Å². The molecule has 0 fully saturated rings. The van der Waals surface area contributed by atoms with Gasteiger partial charge in [0.25, 0.3) is 0 Å². The molecule has 0 bridgehead atoms. The molecule has 2 rings (SSSR count). The van der Waals surface area contributed by atoms with Crippen molar-refractivity contribution < 1.29 is 9.53 Å². The van der Waals surface area contributed by atoms with Crippen LogP contribution in [0.5, 0.6) is 0 Å². The van der Waals surface area contributed by atoms with Gasteiger partial charge in [0.2, 0.25) is 0 Å². The highest BCUT2D eigenvalue weighted by molar-refractivity contribution is 7.99. The highest BCUT2D eigenvalue weighted by atomic mass is 32.2. The fourth-order valence-corrected chi connectivity index (χ4v) is 3.49. The Morgan fingerprint density at radius 1 is 1.24 bits per heavy atom. The van der Waals surface area contributed by atoms with Crippen LogP contribution >= 0.6 is 11.8 Å². The maximum atomic E-state index is 11.2. The van der Waals surface area contributed by atoms with Gasteiger partial charge in [0.1, 0.15) is 5.82 Å². The van der Waals surface area contributed by atoms with Crippen molar-refractivity contribution in [2.45, 2.75) is 70.0 Å². The third kappa shape index (κ3) is 5.34. The minimum Gasteiger partial charge on any atom is -0.466 e. The monoisotopic (exact) mass is 311 g/mol. The first-order valence-corrected chi connectivity index (χ1v) is 9.00. The molecule has 1 aliphatic rings. The van der Waals surface area contributed by atoms with Crippen LogP contribution in [0.4, 0.5) is 0 Å². The number of fused-ring (bicyclic) bond motifs is 1. The number of hydrogen-bond donors (Lipinski definition) is 0. The number of carbonyl (C=O) groups is 1. The summed E-state index contributed by atoms with van der Waals surface area (Å²) >= 11 is 1.79. The highest BCUT2D eigenvalue weighted by Crippen LogP contribution is 2.22. The second-order valence-corrected chi connectivity index (χ2v) is 6.39. The molecule has 1 aromatic heterocycles. The largest absolute Gasteiger partial charge is 0.466 e. The van der Waals surface area contributed by atoms with Crippen molar-refractivity contribution in [1.82, 2.24) is 14.8 Å². The number of nitrogens with zero attached hydrogens (tertiary/aromatic N) is 3. The van der Waals surface area contributed by atoms with Gasteiger partial charge in [-0.1, -0.05) is 24.6 Å². The lowest BCUT2D eigenvalue weighted by Gasteiger charge is -2.06. The molecule has 0 amide bonds. The van der Waals surface area contributed by atoms with Crippen molar-refractivity contribution in [3.63, 3.8) is 0 Å². The van der Waals surface area contributed by atoms with Crippen molar-refractivity contribution in [2.75, 3.05) is 12.4 Å². The summed E-state index contributed by atoms with van der Waals surface area (Å²) in [5, 5.41) is 9.68. The Bertz CT molecular complexity index is 448. The highest BCUT2D eigenvalue weighted by Gasteiger charge is 2.14. The average Bonchev–Trinajstić information content (AvgIpc) is 2.70. The molecule has 6 heteroatoms. The van der Waals surface area contributed by atoms with E-state index in [1.165, 1.54) is 19.3 Å². The molecule has 0 aliphatic carbocycles. The number of aromatic nitrogens is 3. The summed E-state index contributed by atoms with van der Waals surface area (Å²) in [5.41, 5.74) is 0. The van der Waals surface area contributed by atoms with Crippen LogP contribution in [0.15, 0.2) is 5.16 Å². The maximum Gasteiger partial charge on any atom is 0.305 e. The van der Waals surface area contributed by atoms with Crippen LogP contribution in [-0.4, -0.2) is 33.1 Å². The molecule has 2 heterocycles. The molecule has 0 unspecified atom stereocenters. The molecular formula is C15H25N3O2S. The number of aryl methyl sites for hydroxylation is 1. The Hall–Kier alpha value is -1.04. The van der Waals surface area contributed by atoms with Gasteiger partial charge in [0, 0.05) is 25.1 Å². The third-order valence-corrected chi connectivity index (χ3v) is 4.69. The fraction of sp³-hybridized carbons (Fsp3) is 0.800. The first kappa shape index (κ1) is 16.3. The summed E-state index contributed by atoms with van der Waals surface area (Å²) in [4.78, 5) is 11.2. The number of rotatable bonds is 8. The van der Waals surface area contributed by atoms with Crippen molar-refractivity contribution in [1.29, 1.82) is 0 Å². The second kappa shape index (κ2) is 9.07. The van der Waals surface area contributed by atoms with Crippen LogP contribution < -0.4 is 0 Å². The topological polar surface area (TPSA) is 57.0 Å². The van der Waals surface area contributed by atoms with E-state index in [9.17, 15) is 4.79 Å². The molecule has 0 radical (unpaired) electrons. The molecule has 0 saturated heterocycles. The predicted octanol–water partition coefficient (Wildman–Crippen LogP) is 3.22. The zero-order chi connectivity index (χ0) is 14.9. The van der Waals surface area contributed by atoms with Crippen molar-refractivity contribution in [3.05, 3.63) is 5.82 Å². The number of thioether (sulfide) groups is 1. The first-order chi connectivity index (χ1) is 10.3. The zero-order valence-electron chi connectivity index (χ0n) is 12.8. The van der Waals surface area contributed by atoms with Crippen LogP contribution in [0.1, 0.15) is 57.7 Å². The quantitative estimate of drug-likeness (QED) is 0.419. The van der Waals surface area contributed by atoms with E-state index >= 15 is 0 Å². The number of unbranched alkanes of at least 4 members (excludes halogenated alkanes) is 2. The number of carbonyl (C=O) groups excluding carboxylic acids is 1. The molecule has 0 N–H and O–H groups in total. The molecule has 0 atom stereocenters. The molecule has 118 valence electrons. The second-order valence-electron chi connectivity index (χ2n) is 5.33. The molecule has 1 aromatic rings. The van der Waals surface area contributed by atoms with Crippen molar-refractivity contribution >= 4 is 17.7 Å². The molecule has 0 saturated carbocycles. The van der Waals surface area contributed by atoms with Gasteiger partial charge in [0.05, 0.1) is 6.61 Å². The van der Waals surface area contributed by atoms with E-state index in [0.29, 0.717) is 13.0 Å². The van der Waals surface area contributed by atoms with Gasteiger partial charge >= 0.3 is 5.97 Å². The normalized spacial score (nSPS) is 14.5. The molecule has 0 aromatic carbocycles. The zero-order valence-corrected chi connectivity index (χ0v) is 13.7. The minimum absolute atomic E-state index is 0.0760. The van der Waals surface area contributed by atoms with E-state index in [0.717, 1.165) is 49.0 Å². The van der Waals surface area contributed by atoms with Crippen LogP contribution in [0.3, 0.4) is 0 Å². The maximum absolute atomic E-state index is 11.2. The molecule has 21 heavy (non-hydrogen) atoms. The molecule has 1 aliphatic heterocycles. The van der Waals surface area contributed by atoms with Gasteiger partial charge in [-0.05, 0) is 32.6 Å². The van der Waals surface area contributed by atoms with Crippen LogP contribution in [0, 0.1) is 0 Å². The van der Waals surface area contributed by atoms with E-state index in [1.54, 1.807) is 11.8 Å². The lowest BCUT2D eigenvalue weighted by molar-refractivity contribution is -0.143. The summed E-state index contributed by atoms with van der Waals surface area (Å²) in [6.07, 6.45) is 8.44. The minimum atomic E-state index is -0.0760. The van der Waals surface area contributed by atoms with Crippen LogP contribution in [0.2, 0.25) is 0 Å². The summed E-state index contributed by atoms with van der Waals surface area (Å²) < 4.78 is 7.20. The Labute approximate surface area is 130 Å². The van der Waals surface area contributed by atoms with Crippen LogP contribution in [0.25, 0.3) is 0 Å². The van der Waals surface area contributed by atoms with Crippen molar-refractivity contribution in [3.8, 4) is 0 Å². The van der Waals surface area contributed by atoms with E-state index < -0.39 is 0 Å². The van der Waals surface area contributed by atoms with Gasteiger partial charge in [-0.3, -0.25) is 4.79 Å². The summed E-state index contributed by atoms with van der Waals surface area (Å²) in [6, 6.07) is 0. The summed E-state index contributed by atoms with van der Waals surface area (Å²) in [7, 11) is 0. The standard InChI is InChI=1S/C15H25N3O2S/c1-2-20-14(19)10-6-4-8-12-21-15-17-16-13-9-5-3-7-11-18(13)15/h2-12H2,1H3. The smallest absolute Gasteiger partial charge is 0.305 e. The molecule has 5 nitrogen and oxygen atoms in total. The Balaban J connectivity index is 1.63. The van der Waals surface area contributed by atoms with E-state index in [4.69, 9.17) is 4.74 Å². The summed E-state index contributed by atoms with van der Waals surface area (Å²) in [6.45, 7) is 3.39.